The molecule has 1 fully saturated rings. The Morgan fingerprint density at radius 1 is 1.25 bits per heavy atom. The molecule has 1 saturated heterocycles. The van der Waals surface area contributed by atoms with Gasteiger partial charge in [0.1, 0.15) is 11.8 Å². The molecule has 1 aliphatic rings. The Morgan fingerprint density at radius 3 is 2.78 bits per heavy atom. The summed E-state index contributed by atoms with van der Waals surface area (Å²) in [6.07, 6.45) is 2.16. The standard InChI is InChI=1S/C23H22ClN3O4S/c1-30-16-8-6-15(7-9-16)26-23(29)19-13-32-14-27(19)22(28)11-10-21-25-12-20(31-21)17-4-2-3-5-18(17)24/h2-9,12,19H,10-11,13-14H2,1H3,(H,26,29). The molecule has 1 N–H and O–H groups in total. The van der Waals surface area contributed by atoms with E-state index in [0.717, 1.165) is 5.56 Å². The Bertz CT molecular complexity index is 1100. The lowest BCUT2D eigenvalue weighted by molar-refractivity contribution is -0.136. The topological polar surface area (TPSA) is 84.7 Å². The van der Waals surface area contributed by atoms with Crippen LogP contribution in [0.2, 0.25) is 5.02 Å². The quantitative estimate of drug-likeness (QED) is 0.547. The van der Waals surface area contributed by atoms with Crippen molar-refractivity contribution in [1.82, 2.24) is 9.88 Å². The summed E-state index contributed by atoms with van der Waals surface area (Å²) in [6, 6.07) is 13.9. The normalized spacial score (nSPS) is 15.6. The van der Waals surface area contributed by atoms with Crippen LogP contribution in [-0.4, -0.2) is 46.5 Å². The average Bonchev–Trinajstić information content (AvgIpc) is 3.48. The van der Waals surface area contributed by atoms with E-state index < -0.39 is 6.04 Å². The molecular weight excluding hydrogens is 450 g/mol. The third-order valence-corrected chi connectivity index (χ3v) is 6.45. The SMILES string of the molecule is COc1ccc(NC(=O)C2CSCN2C(=O)CCc2ncc(-c3ccccc3Cl)o2)cc1. The van der Waals surface area contributed by atoms with Crippen molar-refractivity contribution in [2.45, 2.75) is 18.9 Å². The van der Waals surface area contributed by atoms with Crippen molar-refractivity contribution in [3.63, 3.8) is 0 Å². The second-order valence-electron chi connectivity index (χ2n) is 7.20. The first-order chi connectivity index (χ1) is 15.5. The zero-order valence-corrected chi connectivity index (χ0v) is 19.0. The Morgan fingerprint density at radius 2 is 2.03 bits per heavy atom. The van der Waals surface area contributed by atoms with Gasteiger partial charge in [-0.05, 0) is 36.4 Å². The zero-order chi connectivity index (χ0) is 22.5. The Kier molecular flexibility index (Phi) is 7.02. The minimum absolute atomic E-state index is 0.109. The molecule has 1 unspecified atom stereocenters. The molecule has 32 heavy (non-hydrogen) atoms. The molecule has 1 aliphatic heterocycles. The third kappa shape index (κ3) is 5.08. The van der Waals surface area contributed by atoms with Crippen LogP contribution in [0.3, 0.4) is 0 Å². The van der Waals surface area contributed by atoms with E-state index in [4.69, 9.17) is 20.8 Å². The van der Waals surface area contributed by atoms with E-state index in [2.05, 4.69) is 10.3 Å². The van der Waals surface area contributed by atoms with E-state index in [9.17, 15) is 9.59 Å². The van der Waals surface area contributed by atoms with Crippen molar-refractivity contribution < 1.29 is 18.7 Å². The van der Waals surface area contributed by atoms with Crippen LogP contribution in [0, 0.1) is 0 Å². The smallest absolute Gasteiger partial charge is 0.248 e. The summed E-state index contributed by atoms with van der Waals surface area (Å²) in [7, 11) is 1.59. The number of hydrogen-bond acceptors (Lipinski definition) is 6. The molecule has 1 atom stereocenters. The number of aromatic nitrogens is 1. The van der Waals surface area contributed by atoms with Gasteiger partial charge in [0.25, 0.3) is 0 Å². The number of ether oxygens (including phenoxy) is 1. The number of halogens is 1. The van der Waals surface area contributed by atoms with Gasteiger partial charge in [-0.25, -0.2) is 4.98 Å². The number of aryl methyl sites for hydroxylation is 1. The minimum Gasteiger partial charge on any atom is -0.497 e. The third-order valence-electron chi connectivity index (χ3n) is 5.11. The molecule has 2 heterocycles. The summed E-state index contributed by atoms with van der Waals surface area (Å²) >= 11 is 7.76. The Hall–Kier alpha value is -2.97. The molecule has 1 aromatic heterocycles. The lowest BCUT2D eigenvalue weighted by Gasteiger charge is -2.23. The molecule has 2 aromatic carbocycles. The number of hydrogen-bond donors (Lipinski definition) is 1. The molecule has 3 aromatic rings. The Balaban J connectivity index is 1.34. The number of methoxy groups -OCH3 is 1. The van der Waals surface area contributed by atoms with E-state index in [0.29, 0.717) is 46.2 Å². The minimum atomic E-state index is -0.516. The summed E-state index contributed by atoms with van der Waals surface area (Å²) < 4.78 is 10.9. The van der Waals surface area contributed by atoms with Gasteiger partial charge in [-0.2, -0.15) is 0 Å². The highest BCUT2D eigenvalue weighted by molar-refractivity contribution is 7.99. The van der Waals surface area contributed by atoms with E-state index in [1.165, 1.54) is 0 Å². The number of amides is 2. The maximum atomic E-state index is 12.8. The largest absolute Gasteiger partial charge is 0.497 e. The van der Waals surface area contributed by atoms with E-state index >= 15 is 0 Å². The lowest BCUT2D eigenvalue weighted by Crippen LogP contribution is -2.44. The predicted molar refractivity (Wildman–Crippen MR) is 125 cm³/mol. The van der Waals surface area contributed by atoms with Crippen molar-refractivity contribution in [1.29, 1.82) is 0 Å². The van der Waals surface area contributed by atoms with Crippen molar-refractivity contribution in [2.24, 2.45) is 0 Å². The van der Waals surface area contributed by atoms with Crippen LogP contribution in [0.4, 0.5) is 5.69 Å². The van der Waals surface area contributed by atoms with Crippen molar-refractivity contribution in [3.8, 4) is 17.1 Å². The second-order valence-corrected chi connectivity index (χ2v) is 8.60. The molecule has 0 radical (unpaired) electrons. The van der Waals surface area contributed by atoms with Crippen LogP contribution in [0.1, 0.15) is 12.3 Å². The first-order valence-corrected chi connectivity index (χ1v) is 11.6. The first kappa shape index (κ1) is 22.2. The van der Waals surface area contributed by atoms with E-state index in [1.807, 2.05) is 18.2 Å². The number of oxazole rings is 1. The number of rotatable bonds is 7. The molecule has 166 valence electrons. The molecule has 0 saturated carbocycles. The van der Waals surface area contributed by atoms with Gasteiger partial charge >= 0.3 is 0 Å². The molecule has 7 nitrogen and oxygen atoms in total. The van der Waals surface area contributed by atoms with Gasteiger partial charge in [0, 0.05) is 29.8 Å². The van der Waals surface area contributed by atoms with Crippen LogP contribution < -0.4 is 10.1 Å². The Labute approximate surface area is 195 Å². The summed E-state index contributed by atoms with van der Waals surface area (Å²) in [6.45, 7) is 0. The molecule has 2 amide bonds. The summed E-state index contributed by atoms with van der Waals surface area (Å²) in [5, 5.41) is 3.45. The first-order valence-electron chi connectivity index (χ1n) is 10.1. The van der Waals surface area contributed by atoms with Crippen LogP contribution in [0.15, 0.2) is 59.1 Å². The zero-order valence-electron chi connectivity index (χ0n) is 17.4. The molecular formula is C23H22ClN3O4S. The predicted octanol–water partition coefficient (Wildman–Crippen LogP) is 4.48. The molecule has 0 spiro atoms. The van der Waals surface area contributed by atoms with Gasteiger partial charge in [-0.3, -0.25) is 9.59 Å². The molecule has 9 heteroatoms. The maximum absolute atomic E-state index is 12.8. The van der Waals surface area contributed by atoms with Gasteiger partial charge in [-0.15, -0.1) is 11.8 Å². The number of carbonyl (C=O) groups excluding carboxylic acids is 2. The van der Waals surface area contributed by atoms with Crippen LogP contribution in [0.5, 0.6) is 5.75 Å². The van der Waals surface area contributed by atoms with Gasteiger partial charge < -0.3 is 19.4 Å². The van der Waals surface area contributed by atoms with Gasteiger partial charge in [0.2, 0.25) is 11.8 Å². The van der Waals surface area contributed by atoms with E-state index in [1.54, 1.807) is 60.3 Å². The molecule has 4 rings (SSSR count). The van der Waals surface area contributed by atoms with Crippen LogP contribution in [-0.2, 0) is 16.0 Å². The number of benzene rings is 2. The van der Waals surface area contributed by atoms with Crippen LogP contribution >= 0.6 is 23.4 Å². The average molecular weight is 472 g/mol. The summed E-state index contributed by atoms with van der Waals surface area (Å²) in [5.41, 5.74) is 1.41. The van der Waals surface area contributed by atoms with Crippen molar-refractivity contribution in [3.05, 3.63) is 65.6 Å². The number of carbonyl (C=O) groups is 2. The monoisotopic (exact) mass is 471 g/mol. The fourth-order valence-corrected chi connectivity index (χ4v) is 4.78. The molecule has 0 bridgehead atoms. The number of thioether (sulfide) groups is 1. The van der Waals surface area contributed by atoms with Crippen molar-refractivity contribution in [2.75, 3.05) is 24.1 Å². The second kappa shape index (κ2) is 10.1. The number of nitrogens with zero attached hydrogens (tertiary/aromatic N) is 2. The fourth-order valence-electron chi connectivity index (χ4n) is 3.37. The highest BCUT2D eigenvalue weighted by Crippen LogP contribution is 2.29. The highest BCUT2D eigenvalue weighted by Gasteiger charge is 2.34. The van der Waals surface area contributed by atoms with E-state index in [-0.39, 0.29) is 18.2 Å². The highest BCUT2D eigenvalue weighted by atomic mass is 35.5. The number of nitrogens with one attached hydrogen (secondary N) is 1. The molecule has 0 aliphatic carbocycles. The fraction of sp³-hybridized carbons (Fsp3) is 0.261. The summed E-state index contributed by atoms with van der Waals surface area (Å²) in [5.74, 6) is 2.46. The summed E-state index contributed by atoms with van der Waals surface area (Å²) in [4.78, 5) is 31.5. The van der Waals surface area contributed by atoms with Gasteiger partial charge in [0.05, 0.1) is 24.2 Å². The van der Waals surface area contributed by atoms with Crippen molar-refractivity contribution >= 4 is 40.9 Å². The van der Waals surface area contributed by atoms with Gasteiger partial charge in [0.15, 0.2) is 11.7 Å². The maximum Gasteiger partial charge on any atom is 0.248 e. The van der Waals surface area contributed by atoms with Crippen LogP contribution in [0.25, 0.3) is 11.3 Å². The van der Waals surface area contributed by atoms with Gasteiger partial charge in [-0.1, -0.05) is 23.7 Å². The number of anilines is 1. The lowest BCUT2D eigenvalue weighted by atomic mass is 10.2.